The van der Waals surface area contributed by atoms with Crippen LogP contribution in [0.15, 0.2) is 60.7 Å². The van der Waals surface area contributed by atoms with E-state index in [4.69, 9.17) is 11.5 Å². The Hall–Kier alpha value is -5.88. The first kappa shape index (κ1) is 46.8. The number of amides is 7. The van der Waals surface area contributed by atoms with Crippen LogP contribution < -0.4 is 32.7 Å². The monoisotopic (exact) mass is 834 g/mol. The molecular formula is C42H58N8O10. The van der Waals surface area contributed by atoms with E-state index in [1.165, 1.54) is 16.7 Å². The van der Waals surface area contributed by atoms with Crippen LogP contribution in [0.25, 0.3) is 0 Å². The van der Waals surface area contributed by atoms with E-state index in [1.807, 2.05) is 0 Å². The number of carbonyl (C=O) groups is 8. The molecule has 2 aliphatic heterocycles. The fourth-order valence-corrected chi connectivity index (χ4v) is 7.55. The van der Waals surface area contributed by atoms with Crippen LogP contribution in [0.5, 0.6) is 0 Å². The molecule has 0 bridgehead atoms. The molecule has 2 fully saturated rings. The average Bonchev–Trinajstić information content (AvgIpc) is 3.92. The normalized spacial score (nSPS) is 19.8. The summed E-state index contributed by atoms with van der Waals surface area (Å²) in [5, 5.41) is 31.3. The van der Waals surface area contributed by atoms with Gasteiger partial charge in [0.1, 0.15) is 36.3 Å². The molecular weight excluding hydrogens is 777 g/mol. The van der Waals surface area contributed by atoms with Crippen molar-refractivity contribution in [2.75, 3.05) is 13.1 Å². The SMILES string of the molecule is CC[C@H](C)[C@H](NC(=O)[C@@H](NC(=O)[C@H](Cc1ccccc1)NC(=O)[C@@H]1CCCN1C(=O)[C@@H](N)CC(N)=O)[C@@H](C)O)C(=O)N[C@@H](Cc1ccccc1)C(=O)N1CCC[C@H]1C(=O)O. The fraction of sp³-hybridized carbons (Fsp3) is 0.524. The first-order chi connectivity index (χ1) is 28.5. The predicted octanol–water partition coefficient (Wildman–Crippen LogP) is -0.893. The van der Waals surface area contributed by atoms with E-state index in [0.717, 1.165) is 0 Å². The Bertz CT molecular complexity index is 1850. The zero-order chi connectivity index (χ0) is 44.1. The van der Waals surface area contributed by atoms with E-state index in [0.29, 0.717) is 30.4 Å². The summed E-state index contributed by atoms with van der Waals surface area (Å²) in [6.45, 7) is 5.16. The molecule has 2 heterocycles. The number of nitrogens with one attached hydrogen (secondary N) is 4. The highest BCUT2D eigenvalue weighted by molar-refractivity contribution is 5.98. The van der Waals surface area contributed by atoms with Crippen LogP contribution in [0.1, 0.15) is 70.4 Å². The van der Waals surface area contributed by atoms with Crippen molar-refractivity contribution in [2.24, 2.45) is 17.4 Å². The molecule has 18 heteroatoms. The van der Waals surface area contributed by atoms with Crippen LogP contribution in [-0.4, -0.2) is 129 Å². The molecule has 326 valence electrons. The van der Waals surface area contributed by atoms with Gasteiger partial charge in [-0.25, -0.2) is 4.79 Å². The minimum atomic E-state index is -1.62. The molecule has 2 saturated heterocycles. The standard InChI is InChI=1S/C42H58N8O10/c1-4-24(2)34(38(55)46-30(22-27-15-9-6-10-16-27)41(58)50-20-12-18-32(50)42(59)60)47-39(56)35(25(3)51)48-36(53)29(21-26-13-7-5-8-14-26)45-37(54)31-17-11-19-49(31)40(57)28(43)23-33(44)52/h5-10,13-16,24-25,28-32,34-35,51H,4,11-12,17-23,43H2,1-3H3,(H2,44,52)(H,45,54)(H,46,55)(H,47,56)(H,48,53)(H,59,60)/t24-,25+,28-,29-,30-,31-,32-,34-,35-/m0/s1. The lowest BCUT2D eigenvalue weighted by Crippen LogP contribution is -2.62. The lowest BCUT2D eigenvalue weighted by atomic mass is 9.96. The van der Waals surface area contributed by atoms with E-state index in [2.05, 4.69) is 21.3 Å². The number of carboxylic acids is 1. The van der Waals surface area contributed by atoms with Crippen LogP contribution in [0.3, 0.4) is 0 Å². The Kier molecular flexibility index (Phi) is 17.1. The van der Waals surface area contributed by atoms with Crippen LogP contribution in [0, 0.1) is 5.92 Å². The van der Waals surface area contributed by atoms with Crippen molar-refractivity contribution in [1.82, 2.24) is 31.1 Å². The first-order valence-electron chi connectivity index (χ1n) is 20.4. The Labute approximate surface area is 349 Å². The Balaban J connectivity index is 1.54. The summed E-state index contributed by atoms with van der Waals surface area (Å²) in [7, 11) is 0. The number of aliphatic carboxylic acids is 1. The number of carboxylic acid groups (broad SMARTS) is 1. The van der Waals surface area contributed by atoms with E-state index in [1.54, 1.807) is 74.5 Å². The molecule has 0 spiro atoms. The highest BCUT2D eigenvalue weighted by Gasteiger charge is 2.41. The van der Waals surface area contributed by atoms with Gasteiger partial charge in [-0.15, -0.1) is 0 Å². The van der Waals surface area contributed by atoms with Crippen molar-refractivity contribution in [3.05, 3.63) is 71.8 Å². The smallest absolute Gasteiger partial charge is 0.326 e. The summed E-state index contributed by atoms with van der Waals surface area (Å²) < 4.78 is 0. The summed E-state index contributed by atoms with van der Waals surface area (Å²) >= 11 is 0. The zero-order valence-corrected chi connectivity index (χ0v) is 34.3. The van der Waals surface area contributed by atoms with Gasteiger partial charge in [-0.2, -0.15) is 0 Å². The third-order valence-electron chi connectivity index (χ3n) is 11.1. The number of benzene rings is 2. The second-order valence-corrected chi connectivity index (χ2v) is 15.6. The van der Waals surface area contributed by atoms with Crippen molar-refractivity contribution in [3.8, 4) is 0 Å². The second kappa shape index (κ2) is 21.9. The van der Waals surface area contributed by atoms with Gasteiger partial charge in [0.05, 0.1) is 18.6 Å². The molecule has 2 aliphatic rings. The van der Waals surface area contributed by atoms with Crippen LogP contribution >= 0.6 is 0 Å². The van der Waals surface area contributed by atoms with E-state index in [9.17, 15) is 48.6 Å². The molecule has 2 aromatic rings. The molecule has 9 atom stereocenters. The highest BCUT2D eigenvalue weighted by Crippen LogP contribution is 2.22. The van der Waals surface area contributed by atoms with Crippen molar-refractivity contribution in [3.63, 3.8) is 0 Å². The lowest BCUT2D eigenvalue weighted by Gasteiger charge is -2.31. The number of aliphatic hydroxyl groups excluding tert-OH is 1. The number of nitrogens with two attached hydrogens (primary N) is 2. The maximum absolute atomic E-state index is 14.1. The summed E-state index contributed by atoms with van der Waals surface area (Å²) in [6.07, 6.45) is -0.0354. The van der Waals surface area contributed by atoms with Gasteiger partial charge in [0.2, 0.25) is 41.4 Å². The maximum atomic E-state index is 14.1. The topological polar surface area (TPSA) is 284 Å². The molecule has 18 nitrogen and oxygen atoms in total. The van der Waals surface area contributed by atoms with Crippen LogP contribution in [0.2, 0.25) is 0 Å². The summed E-state index contributed by atoms with van der Waals surface area (Å²) in [4.78, 5) is 109. The number of hydrogen-bond donors (Lipinski definition) is 8. The third kappa shape index (κ3) is 12.6. The third-order valence-corrected chi connectivity index (χ3v) is 11.1. The lowest BCUT2D eigenvalue weighted by molar-refractivity contribution is -0.149. The van der Waals surface area contributed by atoms with Gasteiger partial charge in [-0.3, -0.25) is 33.6 Å². The summed E-state index contributed by atoms with van der Waals surface area (Å²) in [5.74, 6) is -6.82. The Morgan fingerprint density at radius 2 is 1.20 bits per heavy atom. The summed E-state index contributed by atoms with van der Waals surface area (Å²) in [6, 6.07) is 8.92. The quantitative estimate of drug-likeness (QED) is 0.0810. The minimum absolute atomic E-state index is 0.0388. The molecule has 60 heavy (non-hydrogen) atoms. The second-order valence-electron chi connectivity index (χ2n) is 15.6. The number of carbonyl (C=O) groups excluding carboxylic acids is 7. The van der Waals surface area contributed by atoms with Gasteiger partial charge >= 0.3 is 5.97 Å². The van der Waals surface area contributed by atoms with Crippen LogP contribution in [0.4, 0.5) is 0 Å². The number of aliphatic hydroxyl groups is 1. The first-order valence-corrected chi connectivity index (χ1v) is 20.4. The molecule has 10 N–H and O–H groups in total. The van der Waals surface area contributed by atoms with E-state index >= 15 is 0 Å². The van der Waals surface area contributed by atoms with E-state index < -0.39 is 108 Å². The number of rotatable bonds is 20. The van der Waals surface area contributed by atoms with Gasteiger partial charge in [-0.05, 0) is 49.7 Å². The van der Waals surface area contributed by atoms with Gasteiger partial charge in [0.15, 0.2) is 0 Å². The molecule has 2 aromatic carbocycles. The van der Waals surface area contributed by atoms with Crippen molar-refractivity contribution in [2.45, 2.75) is 121 Å². The molecule has 4 rings (SSSR count). The van der Waals surface area contributed by atoms with E-state index in [-0.39, 0.29) is 38.8 Å². The van der Waals surface area contributed by atoms with Gasteiger partial charge in [0.25, 0.3) is 0 Å². The molecule has 0 unspecified atom stereocenters. The molecule has 0 aliphatic carbocycles. The molecule has 0 radical (unpaired) electrons. The minimum Gasteiger partial charge on any atom is -0.480 e. The number of primary amides is 1. The molecule has 0 saturated carbocycles. The van der Waals surface area contributed by atoms with Crippen molar-refractivity contribution in [1.29, 1.82) is 0 Å². The number of hydrogen-bond acceptors (Lipinski definition) is 10. The van der Waals surface area contributed by atoms with Crippen LogP contribution in [-0.2, 0) is 51.2 Å². The number of nitrogens with zero attached hydrogens (tertiary/aromatic N) is 2. The molecule has 0 aromatic heterocycles. The number of likely N-dealkylation sites (tertiary alicyclic amines) is 2. The largest absolute Gasteiger partial charge is 0.480 e. The van der Waals surface area contributed by atoms with Crippen molar-refractivity contribution < 1.29 is 48.6 Å². The summed E-state index contributed by atoms with van der Waals surface area (Å²) in [5.41, 5.74) is 12.5. The Morgan fingerprint density at radius 3 is 1.72 bits per heavy atom. The van der Waals surface area contributed by atoms with Gasteiger partial charge < -0.3 is 52.7 Å². The predicted molar refractivity (Wildman–Crippen MR) is 218 cm³/mol. The Morgan fingerprint density at radius 1 is 0.700 bits per heavy atom. The molecule has 7 amide bonds. The zero-order valence-electron chi connectivity index (χ0n) is 34.3. The van der Waals surface area contributed by atoms with Gasteiger partial charge in [-0.1, -0.05) is 80.9 Å². The van der Waals surface area contributed by atoms with Crippen molar-refractivity contribution >= 4 is 47.3 Å². The fourth-order valence-electron chi connectivity index (χ4n) is 7.55. The maximum Gasteiger partial charge on any atom is 0.326 e. The highest BCUT2D eigenvalue weighted by atomic mass is 16.4. The van der Waals surface area contributed by atoms with Gasteiger partial charge in [0, 0.05) is 25.9 Å². The average molecular weight is 835 g/mol.